The minimum atomic E-state index is -4.37. The van der Waals surface area contributed by atoms with Crippen LogP contribution in [0.3, 0.4) is 0 Å². The van der Waals surface area contributed by atoms with Crippen molar-refractivity contribution >= 4 is 5.78 Å². The average molecular weight is 205 g/mol. The third kappa shape index (κ3) is 1.89. The summed E-state index contributed by atoms with van der Waals surface area (Å²) in [6, 6.07) is 1.57. The van der Waals surface area contributed by atoms with E-state index in [-0.39, 0.29) is 31.5 Å². The van der Waals surface area contributed by atoms with E-state index in [1.807, 2.05) is 0 Å². The molecule has 0 N–H and O–H groups in total. The first-order chi connectivity index (χ1) is 6.41. The fraction of sp³-hybridized carbons (Fsp3) is 0.778. The first-order valence-corrected chi connectivity index (χ1v) is 4.37. The lowest BCUT2D eigenvalue weighted by Crippen LogP contribution is -2.41. The zero-order valence-corrected chi connectivity index (χ0v) is 7.52. The lowest BCUT2D eigenvalue weighted by Gasteiger charge is -2.36. The predicted molar refractivity (Wildman–Crippen MR) is 42.2 cm³/mol. The zero-order valence-electron chi connectivity index (χ0n) is 7.52. The van der Waals surface area contributed by atoms with Crippen molar-refractivity contribution in [2.75, 3.05) is 0 Å². The van der Waals surface area contributed by atoms with Crippen LogP contribution in [0.2, 0.25) is 0 Å². The number of ketones is 1. The van der Waals surface area contributed by atoms with Gasteiger partial charge in [-0.1, -0.05) is 0 Å². The smallest absolute Gasteiger partial charge is 0.300 e. The van der Waals surface area contributed by atoms with Gasteiger partial charge in [0.2, 0.25) is 0 Å². The van der Waals surface area contributed by atoms with E-state index in [4.69, 9.17) is 5.26 Å². The van der Waals surface area contributed by atoms with Crippen molar-refractivity contribution in [2.45, 2.75) is 38.3 Å². The summed E-state index contributed by atoms with van der Waals surface area (Å²) in [7, 11) is 0. The highest BCUT2D eigenvalue weighted by molar-refractivity contribution is 5.79. The van der Waals surface area contributed by atoms with Crippen LogP contribution >= 0.6 is 0 Å². The second-order valence-corrected chi connectivity index (χ2v) is 3.65. The van der Waals surface area contributed by atoms with E-state index < -0.39 is 18.0 Å². The molecule has 0 spiro atoms. The Morgan fingerprint density at radius 3 is 2.21 bits per heavy atom. The molecule has 1 saturated carbocycles. The number of carbonyl (C=O) groups is 1. The lowest BCUT2D eigenvalue weighted by atomic mass is 9.71. The molecule has 0 amide bonds. The fourth-order valence-electron chi connectivity index (χ4n) is 1.72. The number of alkyl halides is 3. The highest BCUT2D eigenvalue weighted by Gasteiger charge is 2.55. The molecule has 5 heteroatoms. The topological polar surface area (TPSA) is 40.9 Å². The van der Waals surface area contributed by atoms with Gasteiger partial charge in [0.25, 0.3) is 0 Å². The van der Waals surface area contributed by atoms with E-state index >= 15 is 0 Å². The summed E-state index contributed by atoms with van der Waals surface area (Å²) in [5.74, 6) is -0.136. The molecule has 0 aromatic rings. The Morgan fingerprint density at radius 1 is 1.36 bits per heavy atom. The zero-order chi connectivity index (χ0) is 10.8. The van der Waals surface area contributed by atoms with Crippen LogP contribution in [0.25, 0.3) is 0 Å². The first-order valence-electron chi connectivity index (χ1n) is 4.37. The molecule has 2 nitrogen and oxygen atoms in total. The van der Waals surface area contributed by atoms with Gasteiger partial charge in [-0.2, -0.15) is 18.4 Å². The van der Waals surface area contributed by atoms with Crippen molar-refractivity contribution in [3.8, 4) is 6.07 Å². The number of carbonyl (C=O) groups excluding carboxylic acids is 1. The number of nitriles is 1. The maximum absolute atomic E-state index is 12.6. The molecule has 1 aliphatic rings. The Bertz CT molecular complexity index is 267. The Balaban J connectivity index is 2.85. The summed E-state index contributed by atoms with van der Waals surface area (Å²) in [5.41, 5.74) is -1.93. The van der Waals surface area contributed by atoms with Crippen LogP contribution in [0.1, 0.15) is 32.1 Å². The molecule has 78 valence electrons. The molecule has 1 fully saturated rings. The normalized spacial score (nSPS) is 21.7. The van der Waals surface area contributed by atoms with Gasteiger partial charge in [-0.3, -0.25) is 4.79 Å². The summed E-state index contributed by atoms with van der Waals surface area (Å²) >= 11 is 0. The molecule has 1 rings (SSSR count). The van der Waals surface area contributed by atoms with Crippen molar-refractivity contribution in [3.63, 3.8) is 0 Å². The van der Waals surface area contributed by atoms with Gasteiger partial charge in [0, 0.05) is 19.3 Å². The van der Waals surface area contributed by atoms with Gasteiger partial charge in [-0.15, -0.1) is 0 Å². The van der Waals surface area contributed by atoms with E-state index in [0.717, 1.165) is 0 Å². The minimum Gasteiger partial charge on any atom is -0.300 e. The molecule has 0 aromatic heterocycles. The standard InChI is InChI=1S/C9H10F3NO/c10-9(11,12)8(5-6-13)3-1-7(14)2-4-8/h1-5H2. The highest BCUT2D eigenvalue weighted by Crippen LogP contribution is 2.50. The van der Waals surface area contributed by atoms with Crippen molar-refractivity contribution in [3.05, 3.63) is 0 Å². The van der Waals surface area contributed by atoms with E-state index in [0.29, 0.717) is 0 Å². The Labute approximate surface area is 79.7 Å². The van der Waals surface area contributed by atoms with Crippen LogP contribution in [0.15, 0.2) is 0 Å². The molecule has 14 heavy (non-hydrogen) atoms. The van der Waals surface area contributed by atoms with Gasteiger partial charge >= 0.3 is 6.18 Å². The van der Waals surface area contributed by atoms with Crippen molar-refractivity contribution in [2.24, 2.45) is 5.41 Å². The van der Waals surface area contributed by atoms with Crippen LogP contribution in [0, 0.1) is 16.7 Å². The average Bonchev–Trinajstić information content (AvgIpc) is 2.07. The van der Waals surface area contributed by atoms with Crippen molar-refractivity contribution in [1.29, 1.82) is 5.26 Å². The molecule has 1 aliphatic carbocycles. The van der Waals surface area contributed by atoms with Crippen molar-refractivity contribution < 1.29 is 18.0 Å². The molecule has 0 aliphatic heterocycles. The SMILES string of the molecule is N#CCC1(C(F)(F)F)CCC(=O)CC1. The van der Waals surface area contributed by atoms with Gasteiger partial charge in [0.15, 0.2) is 0 Å². The number of Topliss-reactive ketones (excluding diaryl/α,β-unsaturated/α-hetero) is 1. The number of nitrogens with zero attached hydrogens (tertiary/aromatic N) is 1. The van der Waals surface area contributed by atoms with Gasteiger partial charge in [0.05, 0.1) is 11.5 Å². The Kier molecular flexibility index (Phi) is 2.84. The summed E-state index contributed by atoms with van der Waals surface area (Å²) in [4.78, 5) is 10.8. The van der Waals surface area contributed by atoms with Crippen molar-refractivity contribution in [1.82, 2.24) is 0 Å². The molecular weight excluding hydrogens is 195 g/mol. The summed E-state index contributed by atoms with van der Waals surface area (Å²) in [6.45, 7) is 0. The monoisotopic (exact) mass is 205 g/mol. The van der Waals surface area contributed by atoms with Gasteiger partial charge in [-0.25, -0.2) is 0 Å². The third-order valence-electron chi connectivity index (χ3n) is 2.78. The van der Waals surface area contributed by atoms with E-state index in [1.54, 1.807) is 6.07 Å². The minimum absolute atomic E-state index is 0.0544. The second kappa shape index (κ2) is 3.60. The Morgan fingerprint density at radius 2 is 1.86 bits per heavy atom. The summed E-state index contributed by atoms with van der Waals surface area (Å²) in [6.07, 6.45) is -5.48. The van der Waals surface area contributed by atoms with Gasteiger partial charge in [0.1, 0.15) is 5.78 Å². The quantitative estimate of drug-likeness (QED) is 0.660. The van der Waals surface area contributed by atoms with E-state index in [1.165, 1.54) is 0 Å². The molecule has 0 atom stereocenters. The van der Waals surface area contributed by atoms with Crippen LogP contribution in [0.4, 0.5) is 13.2 Å². The van der Waals surface area contributed by atoms with E-state index in [9.17, 15) is 18.0 Å². The maximum Gasteiger partial charge on any atom is 0.395 e. The fourth-order valence-corrected chi connectivity index (χ4v) is 1.72. The summed E-state index contributed by atoms with van der Waals surface area (Å²) in [5, 5.41) is 8.38. The van der Waals surface area contributed by atoms with Crippen LogP contribution in [0.5, 0.6) is 0 Å². The highest BCUT2D eigenvalue weighted by atomic mass is 19.4. The van der Waals surface area contributed by atoms with Crippen LogP contribution < -0.4 is 0 Å². The molecule has 0 aromatic carbocycles. The Hall–Kier alpha value is -1.05. The largest absolute Gasteiger partial charge is 0.395 e. The molecule has 0 saturated heterocycles. The van der Waals surface area contributed by atoms with Crippen LogP contribution in [-0.4, -0.2) is 12.0 Å². The third-order valence-corrected chi connectivity index (χ3v) is 2.78. The maximum atomic E-state index is 12.6. The number of hydrogen-bond acceptors (Lipinski definition) is 2. The summed E-state index contributed by atoms with van der Waals surface area (Å²) < 4.78 is 37.9. The van der Waals surface area contributed by atoms with Crippen LogP contribution in [-0.2, 0) is 4.79 Å². The van der Waals surface area contributed by atoms with E-state index in [2.05, 4.69) is 0 Å². The second-order valence-electron chi connectivity index (χ2n) is 3.65. The predicted octanol–water partition coefficient (Wildman–Crippen LogP) is 2.59. The first kappa shape index (κ1) is 11.0. The lowest BCUT2D eigenvalue weighted by molar-refractivity contribution is -0.231. The van der Waals surface area contributed by atoms with Gasteiger partial charge < -0.3 is 0 Å². The number of halogens is 3. The number of hydrogen-bond donors (Lipinski definition) is 0. The molecule has 0 unspecified atom stereocenters. The molecular formula is C9H10F3NO. The molecule has 0 bridgehead atoms. The molecule has 0 heterocycles. The number of rotatable bonds is 1. The van der Waals surface area contributed by atoms with Gasteiger partial charge in [-0.05, 0) is 12.8 Å². The molecule has 0 radical (unpaired) electrons.